The number of amides is 1. The molecule has 2 aromatic heterocycles. The standard InChI is InChI=1S/C25H21F2N5O3/c1-2-20(33)31-11-10-14(12-31)17-13-32(23-21(17)25(34)30-29-24(23)28)15-6-8-16(9-7-15)35-19-5-3-4-18(26)22(19)27/h2-9,13-14H,1,10-12H2,(H2,28,29)(H,30,34)/t14-/m0/s1. The molecule has 10 heteroatoms. The fourth-order valence-corrected chi connectivity index (χ4v) is 4.46. The van der Waals surface area contributed by atoms with Gasteiger partial charge in [-0.2, -0.15) is 9.49 Å². The summed E-state index contributed by atoms with van der Waals surface area (Å²) in [4.78, 5) is 26.5. The van der Waals surface area contributed by atoms with Gasteiger partial charge >= 0.3 is 0 Å². The second-order valence-corrected chi connectivity index (χ2v) is 8.24. The molecule has 35 heavy (non-hydrogen) atoms. The molecule has 178 valence electrons. The number of hydrogen-bond donors (Lipinski definition) is 2. The molecule has 0 spiro atoms. The van der Waals surface area contributed by atoms with E-state index in [1.165, 1.54) is 18.2 Å². The monoisotopic (exact) mass is 477 g/mol. The van der Waals surface area contributed by atoms with Crippen LogP contribution in [0.2, 0.25) is 0 Å². The number of carbonyl (C=O) groups is 1. The zero-order valence-corrected chi connectivity index (χ0v) is 18.5. The van der Waals surface area contributed by atoms with Crippen LogP contribution in [0.5, 0.6) is 11.5 Å². The molecule has 1 amide bonds. The minimum Gasteiger partial charge on any atom is -0.454 e. The number of hydrogen-bond acceptors (Lipinski definition) is 5. The molecular weight excluding hydrogens is 456 g/mol. The van der Waals surface area contributed by atoms with Crippen LogP contribution in [0.1, 0.15) is 17.9 Å². The van der Waals surface area contributed by atoms with E-state index in [0.29, 0.717) is 41.9 Å². The molecule has 3 N–H and O–H groups in total. The maximum atomic E-state index is 14.0. The van der Waals surface area contributed by atoms with Crippen LogP contribution < -0.4 is 16.0 Å². The molecule has 0 radical (unpaired) electrons. The van der Waals surface area contributed by atoms with Crippen LogP contribution in [-0.4, -0.2) is 38.7 Å². The zero-order valence-electron chi connectivity index (χ0n) is 18.5. The number of carbonyl (C=O) groups excluding carboxylic acids is 1. The van der Waals surface area contributed by atoms with Crippen molar-refractivity contribution >= 4 is 22.6 Å². The van der Waals surface area contributed by atoms with E-state index >= 15 is 0 Å². The maximum absolute atomic E-state index is 14.0. The highest BCUT2D eigenvalue weighted by Crippen LogP contribution is 2.35. The highest BCUT2D eigenvalue weighted by molar-refractivity contribution is 5.92. The van der Waals surface area contributed by atoms with Gasteiger partial charge in [0.05, 0.1) is 5.39 Å². The highest BCUT2D eigenvalue weighted by Gasteiger charge is 2.30. The highest BCUT2D eigenvalue weighted by atomic mass is 19.2. The normalized spacial score (nSPS) is 15.5. The lowest BCUT2D eigenvalue weighted by atomic mass is 9.99. The van der Waals surface area contributed by atoms with Crippen molar-refractivity contribution in [3.8, 4) is 17.2 Å². The van der Waals surface area contributed by atoms with E-state index in [2.05, 4.69) is 16.8 Å². The molecule has 1 atom stereocenters. The summed E-state index contributed by atoms with van der Waals surface area (Å²) >= 11 is 0. The quantitative estimate of drug-likeness (QED) is 0.425. The van der Waals surface area contributed by atoms with Gasteiger partial charge in [0.2, 0.25) is 11.7 Å². The second-order valence-electron chi connectivity index (χ2n) is 8.24. The lowest BCUT2D eigenvalue weighted by molar-refractivity contribution is -0.125. The Bertz CT molecular complexity index is 1510. The molecule has 2 aromatic carbocycles. The van der Waals surface area contributed by atoms with Gasteiger partial charge in [0, 0.05) is 30.9 Å². The smallest absolute Gasteiger partial charge is 0.274 e. The summed E-state index contributed by atoms with van der Waals surface area (Å²) in [5.74, 6) is -2.08. The zero-order chi connectivity index (χ0) is 24.7. The van der Waals surface area contributed by atoms with Gasteiger partial charge in [-0.1, -0.05) is 12.6 Å². The molecule has 0 aliphatic carbocycles. The Morgan fingerprint density at radius 1 is 1.23 bits per heavy atom. The van der Waals surface area contributed by atoms with Crippen molar-refractivity contribution in [3.05, 3.63) is 88.9 Å². The van der Waals surface area contributed by atoms with Gasteiger partial charge in [0.15, 0.2) is 17.4 Å². The number of aromatic nitrogens is 3. The first-order valence-corrected chi connectivity index (χ1v) is 10.9. The number of benzene rings is 2. The molecule has 0 unspecified atom stereocenters. The number of rotatable bonds is 5. The number of H-pyrrole nitrogens is 1. The summed E-state index contributed by atoms with van der Waals surface area (Å²) in [5.41, 5.74) is 7.64. The molecule has 0 bridgehead atoms. The average Bonchev–Trinajstić information content (AvgIpc) is 3.50. The summed E-state index contributed by atoms with van der Waals surface area (Å²) < 4.78 is 34.7. The summed E-state index contributed by atoms with van der Waals surface area (Å²) in [6.07, 6.45) is 3.79. The largest absolute Gasteiger partial charge is 0.454 e. The SMILES string of the molecule is C=CC(=O)N1CC[C@H](c2cn(-c3ccc(Oc4cccc(F)c4F)cc3)c3c(N)n[nH]c(=O)c23)C1. The Kier molecular flexibility index (Phi) is 5.56. The van der Waals surface area contributed by atoms with Gasteiger partial charge in [-0.25, -0.2) is 9.49 Å². The number of halogens is 2. The molecular formula is C25H21F2N5O3. The van der Waals surface area contributed by atoms with Crippen LogP contribution >= 0.6 is 0 Å². The summed E-state index contributed by atoms with van der Waals surface area (Å²) in [5, 5.41) is 6.77. The van der Waals surface area contributed by atoms with Crippen molar-refractivity contribution in [1.82, 2.24) is 19.7 Å². The Hall–Kier alpha value is -4.47. The van der Waals surface area contributed by atoms with Gasteiger partial charge in [-0.15, -0.1) is 0 Å². The Balaban J connectivity index is 1.53. The number of aromatic amines is 1. The maximum Gasteiger partial charge on any atom is 0.274 e. The van der Waals surface area contributed by atoms with Crippen LogP contribution in [0, 0.1) is 11.6 Å². The van der Waals surface area contributed by atoms with Crippen molar-refractivity contribution < 1.29 is 18.3 Å². The Morgan fingerprint density at radius 3 is 2.74 bits per heavy atom. The lowest BCUT2D eigenvalue weighted by Crippen LogP contribution is -2.26. The van der Waals surface area contributed by atoms with E-state index in [1.807, 2.05) is 6.20 Å². The molecule has 1 aliphatic heterocycles. The van der Waals surface area contributed by atoms with Gasteiger partial charge in [0.1, 0.15) is 11.3 Å². The number of fused-ring (bicyclic) bond motifs is 1. The van der Waals surface area contributed by atoms with E-state index < -0.39 is 11.6 Å². The van der Waals surface area contributed by atoms with Crippen LogP contribution in [0.15, 0.2) is 66.1 Å². The first-order chi connectivity index (χ1) is 16.9. The van der Waals surface area contributed by atoms with E-state index in [1.54, 1.807) is 33.7 Å². The third kappa shape index (κ3) is 3.92. The van der Waals surface area contributed by atoms with Gasteiger partial charge in [-0.05, 0) is 54.5 Å². The third-order valence-corrected chi connectivity index (χ3v) is 6.16. The van der Waals surface area contributed by atoms with Gasteiger partial charge in [-0.3, -0.25) is 9.59 Å². The first-order valence-electron chi connectivity index (χ1n) is 10.9. The van der Waals surface area contributed by atoms with Crippen LogP contribution in [0.4, 0.5) is 14.6 Å². The minimum absolute atomic E-state index is 0.0656. The van der Waals surface area contributed by atoms with Crippen LogP contribution in [0.25, 0.3) is 16.6 Å². The molecule has 5 rings (SSSR count). The van der Waals surface area contributed by atoms with E-state index in [0.717, 1.165) is 11.6 Å². The lowest BCUT2D eigenvalue weighted by Gasteiger charge is -2.13. The molecule has 1 saturated heterocycles. The fourth-order valence-electron chi connectivity index (χ4n) is 4.46. The molecule has 0 saturated carbocycles. The number of ether oxygens (including phenoxy) is 1. The van der Waals surface area contributed by atoms with E-state index in [-0.39, 0.29) is 29.0 Å². The van der Waals surface area contributed by atoms with Crippen LogP contribution in [0.3, 0.4) is 0 Å². The van der Waals surface area contributed by atoms with Crippen molar-refractivity contribution in [2.24, 2.45) is 0 Å². The van der Waals surface area contributed by atoms with Crippen molar-refractivity contribution in [2.75, 3.05) is 18.8 Å². The number of nitrogens with one attached hydrogen (secondary N) is 1. The molecule has 1 aliphatic rings. The van der Waals surface area contributed by atoms with E-state index in [9.17, 15) is 18.4 Å². The topological polar surface area (TPSA) is 106 Å². The van der Waals surface area contributed by atoms with Gasteiger partial charge < -0.3 is 19.9 Å². The van der Waals surface area contributed by atoms with Gasteiger partial charge in [0.25, 0.3) is 5.56 Å². The first kappa shape index (κ1) is 22.3. The second kappa shape index (κ2) is 8.71. The summed E-state index contributed by atoms with van der Waals surface area (Å²) in [7, 11) is 0. The van der Waals surface area contributed by atoms with Crippen LogP contribution in [-0.2, 0) is 4.79 Å². The molecule has 8 nitrogen and oxygen atoms in total. The minimum atomic E-state index is -1.07. The number of nitrogens with zero attached hydrogens (tertiary/aromatic N) is 3. The van der Waals surface area contributed by atoms with Crippen molar-refractivity contribution in [2.45, 2.75) is 12.3 Å². The predicted octanol–water partition coefficient (Wildman–Crippen LogP) is 3.87. The number of anilines is 1. The predicted molar refractivity (Wildman–Crippen MR) is 127 cm³/mol. The average molecular weight is 477 g/mol. The summed E-state index contributed by atoms with van der Waals surface area (Å²) in [6.45, 7) is 4.56. The summed E-state index contributed by atoms with van der Waals surface area (Å²) in [6, 6.07) is 10.3. The number of likely N-dealkylation sites (tertiary alicyclic amines) is 1. The van der Waals surface area contributed by atoms with Crippen molar-refractivity contribution in [3.63, 3.8) is 0 Å². The third-order valence-electron chi connectivity index (χ3n) is 6.16. The number of nitrogen functional groups attached to an aromatic ring is 1. The number of nitrogens with two attached hydrogens (primary N) is 1. The molecule has 3 heterocycles. The molecule has 4 aromatic rings. The Labute approximate surface area is 198 Å². The van der Waals surface area contributed by atoms with E-state index in [4.69, 9.17) is 10.5 Å². The Morgan fingerprint density at radius 2 is 2.00 bits per heavy atom. The molecule has 1 fully saturated rings. The van der Waals surface area contributed by atoms with Crippen molar-refractivity contribution in [1.29, 1.82) is 0 Å². The fraction of sp³-hybridized carbons (Fsp3) is 0.160.